The molecule has 0 bridgehead atoms. The molecule has 0 fully saturated rings. The Labute approximate surface area is 129 Å². The van der Waals surface area contributed by atoms with E-state index in [1.807, 2.05) is 31.6 Å². The van der Waals surface area contributed by atoms with Crippen LogP contribution in [0.15, 0.2) is 40.4 Å². The molecular weight excluding hydrogens is 290 g/mol. The molecule has 20 heavy (non-hydrogen) atoms. The van der Waals surface area contributed by atoms with Crippen molar-refractivity contribution in [1.29, 1.82) is 0 Å². The van der Waals surface area contributed by atoms with Gasteiger partial charge in [0, 0.05) is 35.2 Å². The van der Waals surface area contributed by atoms with Crippen molar-refractivity contribution < 1.29 is 0 Å². The van der Waals surface area contributed by atoms with Gasteiger partial charge >= 0.3 is 0 Å². The Kier molecular flexibility index (Phi) is 4.78. The first-order valence-corrected chi connectivity index (χ1v) is 7.73. The molecule has 1 aromatic heterocycles. The average molecular weight is 310 g/mol. The fourth-order valence-corrected chi connectivity index (χ4v) is 2.96. The molecule has 1 heterocycles. The summed E-state index contributed by atoms with van der Waals surface area (Å²) in [7, 11) is 1.92. The minimum absolute atomic E-state index is 0.0931. The van der Waals surface area contributed by atoms with Gasteiger partial charge in [-0.25, -0.2) is 0 Å². The average Bonchev–Trinajstić information content (AvgIpc) is 2.72. The van der Waals surface area contributed by atoms with E-state index in [4.69, 9.17) is 11.6 Å². The Morgan fingerprint density at radius 1 is 1.35 bits per heavy atom. The highest BCUT2D eigenvalue weighted by Gasteiger charge is 2.12. The molecule has 0 spiro atoms. The van der Waals surface area contributed by atoms with E-state index in [-0.39, 0.29) is 5.54 Å². The Bertz CT molecular complexity index is 587. The van der Waals surface area contributed by atoms with E-state index in [1.54, 1.807) is 16.4 Å². The zero-order valence-electron chi connectivity index (χ0n) is 12.3. The lowest BCUT2D eigenvalue weighted by Crippen LogP contribution is -2.35. The number of halogens is 1. The van der Waals surface area contributed by atoms with Gasteiger partial charge in [0.1, 0.15) is 0 Å². The van der Waals surface area contributed by atoms with Crippen molar-refractivity contribution in [2.75, 3.05) is 0 Å². The summed E-state index contributed by atoms with van der Waals surface area (Å²) in [5, 5.41) is 8.47. The number of nitrogens with one attached hydrogen (secondary N) is 1. The molecule has 5 heteroatoms. The zero-order valence-corrected chi connectivity index (χ0v) is 13.8. The molecule has 0 saturated heterocycles. The monoisotopic (exact) mass is 309 g/mol. The molecule has 1 N–H and O–H groups in total. The van der Waals surface area contributed by atoms with Crippen LogP contribution in [0.2, 0.25) is 5.02 Å². The molecular formula is C15H20ClN3S. The van der Waals surface area contributed by atoms with Crippen LogP contribution in [-0.4, -0.2) is 15.3 Å². The lowest BCUT2D eigenvalue weighted by Gasteiger charge is -2.21. The first kappa shape index (κ1) is 15.4. The van der Waals surface area contributed by atoms with E-state index in [2.05, 4.69) is 37.3 Å². The van der Waals surface area contributed by atoms with Crippen molar-refractivity contribution in [3.05, 3.63) is 41.2 Å². The molecule has 108 valence electrons. The van der Waals surface area contributed by atoms with Crippen molar-refractivity contribution in [2.45, 2.75) is 42.6 Å². The predicted octanol–water partition coefficient (Wildman–Crippen LogP) is 4.11. The Hall–Kier alpha value is -0.970. The molecule has 0 atom stereocenters. The maximum absolute atomic E-state index is 6.12. The first-order valence-electron chi connectivity index (χ1n) is 6.53. The normalized spacial score (nSPS) is 11.8. The number of nitrogens with zero attached hydrogens (tertiary/aromatic N) is 2. The van der Waals surface area contributed by atoms with Crippen LogP contribution in [0.3, 0.4) is 0 Å². The van der Waals surface area contributed by atoms with Crippen LogP contribution in [0.5, 0.6) is 0 Å². The van der Waals surface area contributed by atoms with Gasteiger partial charge < -0.3 is 5.32 Å². The molecule has 2 rings (SSSR count). The molecule has 2 aromatic rings. The molecule has 0 aliphatic heterocycles. The molecule has 0 radical (unpaired) electrons. The third-order valence-corrected chi connectivity index (χ3v) is 4.03. The van der Waals surface area contributed by atoms with Crippen molar-refractivity contribution in [1.82, 2.24) is 15.1 Å². The highest BCUT2D eigenvalue weighted by atomic mass is 35.5. The van der Waals surface area contributed by atoms with Gasteiger partial charge in [-0.15, -0.1) is 0 Å². The number of benzene rings is 1. The second-order valence-corrected chi connectivity index (χ2v) is 7.36. The number of hydrogen-bond donors (Lipinski definition) is 1. The molecule has 0 saturated carbocycles. The van der Waals surface area contributed by atoms with Crippen molar-refractivity contribution >= 4 is 23.4 Å². The van der Waals surface area contributed by atoms with Crippen LogP contribution in [0, 0.1) is 0 Å². The van der Waals surface area contributed by atoms with E-state index in [9.17, 15) is 0 Å². The predicted molar refractivity (Wildman–Crippen MR) is 85.4 cm³/mol. The van der Waals surface area contributed by atoms with Gasteiger partial charge in [0.15, 0.2) is 0 Å². The standard InChI is InChI=1S/C15H20ClN3S/c1-15(2,3)17-8-11-5-6-12(16)7-14(11)20-13-9-18-19(4)10-13/h5-7,9-10,17H,8H2,1-4H3. The van der Waals surface area contributed by atoms with Gasteiger partial charge in [0.25, 0.3) is 0 Å². The van der Waals surface area contributed by atoms with Crippen LogP contribution in [0.4, 0.5) is 0 Å². The van der Waals surface area contributed by atoms with Crippen LogP contribution in [0.25, 0.3) is 0 Å². The van der Waals surface area contributed by atoms with Gasteiger partial charge in [-0.2, -0.15) is 5.10 Å². The number of rotatable bonds is 4. The van der Waals surface area contributed by atoms with E-state index in [0.717, 1.165) is 16.5 Å². The quantitative estimate of drug-likeness (QED) is 0.921. The largest absolute Gasteiger partial charge is 0.308 e. The smallest absolute Gasteiger partial charge is 0.0629 e. The lowest BCUT2D eigenvalue weighted by molar-refractivity contribution is 0.422. The molecule has 0 amide bonds. The van der Waals surface area contributed by atoms with Crippen molar-refractivity contribution in [2.24, 2.45) is 7.05 Å². The van der Waals surface area contributed by atoms with E-state index >= 15 is 0 Å². The van der Waals surface area contributed by atoms with E-state index in [0.29, 0.717) is 0 Å². The lowest BCUT2D eigenvalue weighted by atomic mass is 10.1. The summed E-state index contributed by atoms with van der Waals surface area (Å²) < 4.78 is 1.81. The zero-order chi connectivity index (χ0) is 14.8. The molecule has 0 unspecified atom stereocenters. The summed E-state index contributed by atoms with van der Waals surface area (Å²) >= 11 is 7.82. The summed E-state index contributed by atoms with van der Waals surface area (Å²) in [6.07, 6.45) is 3.87. The number of aromatic nitrogens is 2. The van der Waals surface area contributed by atoms with E-state index in [1.165, 1.54) is 10.5 Å². The first-order chi connectivity index (χ1) is 9.33. The summed E-state index contributed by atoms with van der Waals surface area (Å²) in [5.74, 6) is 0. The molecule has 3 nitrogen and oxygen atoms in total. The SMILES string of the molecule is Cn1cc(Sc2cc(Cl)ccc2CNC(C)(C)C)cn1. The van der Waals surface area contributed by atoms with Gasteiger partial charge in [-0.1, -0.05) is 29.4 Å². The van der Waals surface area contributed by atoms with Crippen molar-refractivity contribution in [3.8, 4) is 0 Å². The summed E-state index contributed by atoms with van der Waals surface area (Å²) in [6, 6.07) is 6.03. The topological polar surface area (TPSA) is 29.9 Å². The van der Waals surface area contributed by atoms with Gasteiger partial charge in [0.05, 0.1) is 11.1 Å². The van der Waals surface area contributed by atoms with Gasteiger partial charge in [0.2, 0.25) is 0 Å². The highest BCUT2D eigenvalue weighted by Crippen LogP contribution is 2.32. The fraction of sp³-hybridized carbons (Fsp3) is 0.400. The Morgan fingerprint density at radius 2 is 2.10 bits per heavy atom. The third kappa shape index (κ3) is 4.54. The molecule has 1 aromatic carbocycles. The minimum atomic E-state index is 0.0931. The van der Waals surface area contributed by atoms with Crippen molar-refractivity contribution in [3.63, 3.8) is 0 Å². The highest BCUT2D eigenvalue weighted by molar-refractivity contribution is 7.99. The Balaban J connectivity index is 2.19. The number of hydrogen-bond acceptors (Lipinski definition) is 3. The summed E-state index contributed by atoms with van der Waals surface area (Å²) in [4.78, 5) is 2.29. The molecule has 0 aliphatic carbocycles. The van der Waals surface area contributed by atoms with Gasteiger partial charge in [-0.05, 0) is 38.5 Å². The van der Waals surface area contributed by atoms with Crippen LogP contribution >= 0.6 is 23.4 Å². The maximum Gasteiger partial charge on any atom is 0.0629 e. The van der Waals surface area contributed by atoms with Crippen LogP contribution in [-0.2, 0) is 13.6 Å². The second-order valence-electron chi connectivity index (χ2n) is 5.81. The molecule has 0 aliphatic rings. The third-order valence-electron chi connectivity index (χ3n) is 2.75. The second kappa shape index (κ2) is 6.20. The fourth-order valence-electron chi connectivity index (χ4n) is 1.71. The number of aryl methyl sites for hydroxylation is 1. The minimum Gasteiger partial charge on any atom is -0.308 e. The van der Waals surface area contributed by atoms with E-state index < -0.39 is 0 Å². The Morgan fingerprint density at radius 3 is 2.70 bits per heavy atom. The summed E-state index contributed by atoms with van der Waals surface area (Å²) in [6.45, 7) is 7.31. The van der Waals surface area contributed by atoms with Gasteiger partial charge in [-0.3, -0.25) is 4.68 Å². The van der Waals surface area contributed by atoms with Crippen LogP contribution < -0.4 is 5.32 Å². The van der Waals surface area contributed by atoms with Crippen LogP contribution in [0.1, 0.15) is 26.3 Å². The summed E-state index contributed by atoms with van der Waals surface area (Å²) in [5.41, 5.74) is 1.34. The maximum atomic E-state index is 6.12.